The van der Waals surface area contributed by atoms with Crippen LogP contribution in [0.25, 0.3) is 0 Å². The molecule has 0 aliphatic heterocycles. The zero-order valence-corrected chi connectivity index (χ0v) is 18.1. The molecule has 30 heavy (non-hydrogen) atoms. The predicted octanol–water partition coefficient (Wildman–Crippen LogP) is 4.61. The van der Waals surface area contributed by atoms with Crippen LogP contribution in [0.2, 0.25) is 0 Å². The van der Waals surface area contributed by atoms with Gasteiger partial charge in [-0.3, -0.25) is 20.4 Å². The zero-order chi connectivity index (χ0) is 21.8. The molecule has 0 fully saturated rings. The maximum Gasteiger partial charge on any atom is 0.276 e. The number of ether oxygens (including phenoxy) is 2. The van der Waals surface area contributed by atoms with Gasteiger partial charge in [0.1, 0.15) is 11.5 Å². The average molecular weight is 413 g/mol. The summed E-state index contributed by atoms with van der Waals surface area (Å²) in [6.07, 6.45) is 4.17. The molecule has 0 saturated carbocycles. The molecule has 0 spiro atoms. The number of carbonyl (C=O) groups is 2. The molecule has 0 aliphatic rings. The Hall–Kier alpha value is -3.02. The summed E-state index contributed by atoms with van der Waals surface area (Å²) < 4.78 is 11.2. The summed E-state index contributed by atoms with van der Waals surface area (Å²) in [4.78, 5) is 24.4. The molecular formula is C24H32N2O4. The van der Waals surface area contributed by atoms with E-state index in [2.05, 4.69) is 31.6 Å². The second-order valence-corrected chi connectivity index (χ2v) is 7.22. The van der Waals surface area contributed by atoms with Crippen molar-refractivity contribution < 1.29 is 19.1 Å². The number of rotatable bonds is 11. The third-order valence-electron chi connectivity index (χ3n) is 4.88. The van der Waals surface area contributed by atoms with Crippen molar-refractivity contribution in [2.75, 3.05) is 13.2 Å². The van der Waals surface area contributed by atoms with Gasteiger partial charge in [-0.05, 0) is 48.6 Å². The van der Waals surface area contributed by atoms with Crippen LogP contribution in [0.1, 0.15) is 68.3 Å². The molecule has 2 aromatic rings. The Kier molecular flexibility index (Phi) is 9.71. The van der Waals surface area contributed by atoms with Crippen LogP contribution in [-0.4, -0.2) is 25.0 Å². The Balaban J connectivity index is 1.80. The van der Waals surface area contributed by atoms with Crippen LogP contribution in [0.5, 0.6) is 11.5 Å². The van der Waals surface area contributed by atoms with E-state index >= 15 is 0 Å². The van der Waals surface area contributed by atoms with Crippen molar-refractivity contribution in [1.82, 2.24) is 10.9 Å². The van der Waals surface area contributed by atoms with Gasteiger partial charge in [0.25, 0.3) is 11.8 Å². The van der Waals surface area contributed by atoms with Crippen molar-refractivity contribution in [2.45, 2.75) is 52.4 Å². The molecule has 6 heteroatoms. The number of hydrogen-bond donors (Lipinski definition) is 2. The van der Waals surface area contributed by atoms with Gasteiger partial charge in [-0.15, -0.1) is 0 Å². The molecule has 0 heterocycles. The molecule has 0 aliphatic carbocycles. The fourth-order valence-electron chi connectivity index (χ4n) is 2.82. The predicted molar refractivity (Wildman–Crippen MR) is 118 cm³/mol. The Morgan fingerprint density at radius 2 is 1.67 bits per heavy atom. The molecule has 0 bridgehead atoms. The highest BCUT2D eigenvalue weighted by molar-refractivity contribution is 5.97. The molecule has 0 saturated heterocycles. The van der Waals surface area contributed by atoms with E-state index in [1.165, 1.54) is 5.56 Å². The maximum atomic E-state index is 12.4. The minimum Gasteiger partial charge on any atom is -0.493 e. The van der Waals surface area contributed by atoms with Crippen molar-refractivity contribution in [2.24, 2.45) is 0 Å². The molecule has 2 rings (SSSR count). The van der Waals surface area contributed by atoms with Gasteiger partial charge in [-0.1, -0.05) is 57.9 Å². The number of unbranched alkanes of at least 4 members (excludes halogenated alkanes) is 2. The highest BCUT2D eigenvalue weighted by Gasteiger charge is 2.13. The SMILES string of the molecule is CCCCCOc1ccccc1C(=O)NNC(=O)COc1ccc(C(C)CC)cc1. The van der Waals surface area contributed by atoms with Crippen molar-refractivity contribution in [3.8, 4) is 11.5 Å². The van der Waals surface area contributed by atoms with Crippen molar-refractivity contribution in [1.29, 1.82) is 0 Å². The molecule has 1 atom stereocenters. The topological polar surface area (TPSA) is 76.7 Å². The lowest BCUT2D eigenvalue weighted by molar-refractivity contribution is -0.123. The van der Waals surface area contributed by atoms with E-state index in [-0.39, 0.29) is 6.61 Å². The summed E-state index contributed by atoms with van der Waals surface area (Å²) in [5.74, 6) is 0.700. The Morgan fingerprint density at radius 3 is 2.37 bits per heavy atom. The van der Waals surface area contributed by atoms with Crippen LogP contribution in [0.3, 0.4) is 0 Å². The second kappa shape index (κ2) is 12.5. The zero-order valence-electron chi connectivity index (χ0n) is 18.1. The number of nitrogens with one attached hydrogen (secondary N) is 2. The molecule has 2 N–H and O–H groups in total. The van der Waals surface area contributed by atoms with E-state index in [0.29, 0.717) is 29.6 Å². The third kappa shape index (κ3) is 7.43. The normalized spacial score (nSPS) is 11.4. The van der Waals surface area contributed by atoms with Gasteiger partial charge in [0.05, 0.1) is 12.2 Å². The molecule has 2 aromatic carbocycles. The summed E-state index contributed by atoms with van der Waals surface area (Å²) >= 11 is 0. The number of hydrazine groups is 1. The molecule has 1 unspecified atom stereocenters. The number of amides is 2. The fourth-order valence-corrected chi connectivity index (χ4v) is 2.82. The number of hydrogen-bond acceptors (Lipinski definition) is 4. The van der Waals surface area contributed by atoms with E-state index in [9.17, 15) is 9.59 Å². The lowest BCUT2D eigenvalue weighted by atomic mass is 9.99. The quantitative estimate of drug-likeness (QED) is 0.417. The van der Waals surface area contributed by atoms with Crippen molar-refractivity contribution >= 4 is 11.8 Å². The molecule has 0 aromatic heterocycles. The van der Waals surface area contributed by atoms with E-state index in [0.717, 1.165) is 25.7 Å². The van der Waals surface area contributed by atoms with Gasteiger partial charge in [0.2, 0.25) is 0 Å². The Labute approximate surface area is 178 Å². The van der Waals surface area contributed by atoms with E-state index in [1.807, 2.05) is 30.3 Å². The van der Waals surface area contributed by atoms with Gasteiger partial charge < -0.3 is 9.47 Å². The molecule has 2 amide bonds. The van der Waals surface area contributed by atoms with Gasteiger partial charge in [-0.2, -0.15) is 0 Å². The van der Waals surface area contributed by atoms with Gasteiger partial charge >= 0.3 is 0 Å². The Morgan fingerprint density at radius 1 is 0.933 bits per heavy atom. The first-order valence-corrected chi connectivity index (χ1v) is 10.6. The van der Waals surface area contributed by atoms with E-state index in [4.69, 9.17) is 9.47 Å². The summed E-state index contributed by atoms with van der Waals surface area (Å²) in [5, 5.41) is 0. The smallest absolute Gasteiger partial charge is 0.276 e. The lowest BCUT2D eigenvalue weighted by Gasteiger charge is -2.13. The Bertz CT molecular complexity index is 805. The van der Waals surface area contributed by atoms with Crippen molar-refractivity contribution in [3.05, 3.63) is 59.7 Å². The number of benzene rings is 2. The average Bonchev–Trinajstić information content (AvgIpc) is 2.79. The molecule has 0 radical (unpaired) electrons. The highest BCUT2D eigenvalue weighted by atomic mass is 16.5. The first kappa shape index (κ1) is 23.3. The largest absolute Gasteiger partial charge is 0.493 e. The van der Waals surface area contributed by atoms with Crippen LogP contribution >= 0.6 is 0 Å². The highest BCUT2D eigenvalue weighted by Crippen LogP contribution is 2.21. The molecule has 6 nitrogen and oxygen atoms in total. The van der Waals surface area contributed by atoms with Crippen molar-refractivity contribution in [3.63, 3.8) is 0 Å². The number of para-hydroxylation sites is 1. The summed E-state index contributed by atoms with van der Waals surface area (Å²) in [6, 6.07) is 14.7. The summed E-state index contributed by atoms with van der Waals surface area (Å²) in [6.45, 7) is 6.78. The minimum absolute atomic E-state index is 0.196. The first-order valence-electron chi connectivity index (χ1n) is 10.6. The first-order chi connectivity index (χ1) is 14.5. The standard InChI is InChI=1S/C24H32N2O4/c1-4-6-9-16-29-22-11-8-7-10-21(22)24(28)26-25-23(27)17-30-20-14-12-19(13-15-20)18(3)5-2/h7-8,10-15,18H,4-6,9,16-17H2,1-3H3,(H,25,27)(H,26,28). The van der Waals surface area contributed by atoms with Gasteiger partial charge in [0, 0.05) is 0 Å². The lowest BCUT2D eigenvalue weighted by Crippen LogP contribution is -2.43. The molecular weight excluding hydrogens is 380 g/mol. The molecule has 162 valence electrons. The summed E-state index contributed by atoms with van der Waals surface area (Å²) in [7, 11) is 0. The number of carbonyl (C=O) groups excluding carboxylic acids is 2. The van der Waals surface area contributed by atoms with Gasteiger partial charge in [0.15, 0.2) is 6.61 Å². The minimum atomic E-state index is -0.448. The van der Waals surface area contributed by atoms with E-state index in [1.54, 1.807) is 18.2 Å². The van der Waals surface area contributed by atoms with Crippen LogP contribution in [0.4, 0.5) is 0 Å². The second-order valence-electron chi connectivity index (χ2n) is 7.22. The fraction of sp³-hybridized carbons (Fsp3) is 0.417. The van der Waals surface area contributed by atoms with Crippen LogP contribution in [-0.2, 0) is 4.79 Å². The van der Waals surface area contributed by atoms with Crippen LogP contribution in [0.15, 0.2) is 48.5 Å². The summed E-state index contributed by atoms with van der Waals surface area (Å²) in [5.41, 5.74) is 6.39. The van der Waals surface area contributed by atoms with Gasteiger partial charge in [-0.25, -0.2) is 0 Å². The van der Waals surface area contributed by atoms with Crippen LogP contribution in [0, 0.1) is 0 Å². The third-order valence-corrected chi connectivity index (χ3v) is 4.88. The monoisotopic (exact) mass is 412 g/mol. The van der Waals surface area contributed by atoms with E-state index < -0.39 is 11.8 Å². The van der Waals surface area contributed by atoms with Crippen LogP contribution < -0.4 is 20.3 Å². The maximum absolute atomic E-state index is 12.4.